The van der Waals surface area contributed by atoms with Crippen molar-refractivity contribution in [3.63, 3.8) is 0 Å². The second kappa shape index (κ2) is 5.22. The van der Waals surface area contributed by atoms with Crippen LogP contribution in [0.2, 0.25) is 5.15 Å². The van der Waals surface area contributed by atoms with E-state index in [4.69, 9.17) is 16.7 Å². The van der Waals surface area contributed by atoms with Gasteiger partial charge in [-0.15, -0.1) is 0 Å². The molecule has 1 aromatic rings. The van der Waals surface area contributed by atoms with Crippen LogP contribution in [0.25, 0.3) is 0 Å². The van der Waals surface area contributed by atoms with E-state index in [1.807, 2.05) is 0 Å². The number of aromatic carboxylic acids is 1. The van der Waals surface area contributed by atoms with Gasteiger partial charge in [0.25, 0.3) is 0 Å². The SMILES string of the molecule is O=C(O)c1cnc(Cl)cc1NCCC(F)(F)F. The van der Waals surface area contributed by atoms with Gasteiger partial charge in [0.05, 0.1) is 12.1 Å². The van der Waals surface area contributed by atoms with Crippen molar-refractivity contribution in [3.8, 4) is 0 Å². The standard InChI is InChI=1S/C9H8ClF3N2O2/c10-7-3-6(5(4-15-7)8(16)17)14-2-1-9(11,12)13/h3-4H,1-2H2,(H,14,15)(H,16,17). The second-order valence-corrected chi connectivity index (χ2v) is 3.54. The highest BCUT2D eigenvalue weighted by Crippen LogP contribution is 2.22. The number of hydrogen-bond donors (Lipinski definition) is 2. The van der Waals surface area contributed by atoms with E-state index in [2.05, 4.69) is 10.3 Å². The number of anilines is 1. The largest absolute Gasteiger partial charge is 0.478 e. The van der Waals surface area contributed by atoms with Gasteiger partial charge in [-0.2, -0.15) is 13.2 Å². The monoisotopic (exact) mass is 268 g/mol. The summed E-state index contributed by atoms with van der Waals surface area (Å²) < 4.78 is 35.7. The molecule has 2 N–H and O–H groups in total. The van der Waals surface area contributed by atoms with Crippen molar-refractivity contribution in [2.75, 3.05) is 11.9 Å². The maximum Gasteiger partial charge on any atom is 0.390 e. The van der Waals surface area contributed by atoms with Crippen LogP contribution in [-0.4, -0.2) is 28.8 Å². The fraction of sp³-hybridized carbons (Fsp3) is 0.333. The number of rotatable bonds is 4. The van der Waals surface area contributed by atoms with Gasteiger partial charge in [-0.05, 0) is 6.07 Å². The van der Waals surface area contributed by atoms with Crippen LogP contribution in [0.5, 0.6) is 0 Å². The molecule has 0 amide bonds. The average Bonchev–Trinajstić information content (AvgIpc) is 2.15. The van der Waals surface area contributed by atoms with Crippen LogP contribution in [0, 0.1) is 0 Å². The topological polar surface area (TPSA) is 62.2 Å². The Labute approximate surface area is 99.4 Å². The van der Waals surface area contributed by atoms with Gasteiger partial charge in [0.15, 0.2) is 0 Å². The maximum atomic E-state index is 11.9. The Kier molecular flexibility index (Phi) is 4.17. The summed E-state index contributed by atoms with van der Waals surface area (Å²) in [5.74, 6) is -1.29. The molecule has 4 nitrogen and oxygen atoms in total. The molecule has 0 aliphatic heterocycles. The van der Waals surface area contributed by atoms with Gasteiger partial charge in [-0.25, -0.2) is 9.78 Å². The number of carbonyl (C=O) groups is 1. The number of hydrogen-bond acceptors (Lipinski definition) is 3. The molecule has 0 radical (unpaired) electrons. The van der Waals surface area contributed by atoms with Crippen molar-refractivity contribution in [2.45, 2.75) is 12.6 Å². The molecule has 0 spiro atoms. The normalized spacial score (nSPS) is 11.3. The third-order valence-electron chi connectivity index (χ3n) is 1.82. The Balaban J connectivity index is 2.75. The molecule has 0 bridgehead atoms. The van der Waals surface area contributed by atoms with Crippen molar-refractivity contribution >= 4 is 23.3 Å². The molecule has 0 fully saturated rings. The molecule has 1 rings (SSSR count). The lowest BCUT2D eigenvalue weighted by Crippen LogP contribution is -2.16. The van der Waals surface area contributed by atoms with E-state index in [1.54, 1.807) is 0 Å². The molecule has 0 aromatic carbocycles. The van der Waals surface area contributed by atoms with Crippen molar-refractivity contribution < 1.29 is 23.1 Å². The van der Waals surface area contributed by atoms with E-state index in [0.717, 1.165) is 6.20 Å². The van der Waals surface area contributed by atoms with E-state index in [9.17, 15) is 18.0 Å². The first-order valence-electron chi connectivity index (χ1n) is 4.49. The summed E-state index contributed by atoms with van der Waals surface area (Å²) in [4.78, 5) is 14.3. The maximum absolute atomic E-state index is 11.9. The molecule has 0 saturated heterocycles. The van der Waals surface area contributed by atoms with Gasteiger partial charge >= 0.3 is 12.1 Å². The third kappa shape index (κ3) is 4.48. The summed E-state index contributed by atoms with van der Waals surface area (Å²) in [5.41, 5.74) is -0.210. The lowest BCUT2D eigenvalue weighted by atomic mass is 10.2. The number of alkyl halides is 3. The van der Waals surface area contributed by atoms with Crippen molar-refractivity contribution in [1.29, 1.82) is 0 Å². The number of carboxylic acid groups (broad SMARTS) is 1. The van der Waals surface area contributed by atoms with Crippen LogP contribution in [0.15, 0.2) is 12.3 Å². The lowest BCUT2D eigenvalue weighted by molar-refractivity contribution is -0.131. The molecule has 0 aliphatic rings. The number of nitrogens with one attached hydrogen (secondary N) is 1. The minimum Gasteiger partial charge on any atom is -0.478 e. The summed E-state index contributed by atoms with van der Waals surface area (Å²) in [6, 6.07) is 1.17. The number of pyridine rings is 1. The minimum absolute atomic E-state index is 0.00417. The highest BCUT2D eigenvalue weighted by Gasteiger charge is 2.26. The Bertz CT molecular complexity index is 423. The molecule has 0 unspecified atom stereocenters. The van der Waals surface area contributed by atoms with E-state index in [1.165, 1.54) is 6.07 Å². The first-order valence-corrected chi connectivity index (χ1v) is 4.87. The fourth-order valence-electron chi connectivity index (χ4n) is 1.09. The average molecular weight is 269 g/mol. The predicted molar refractivity (Wildman–Crippen MR) is 55.4 cm³/mol. The molecule has 94 valence electrons. The lowest BCUT2D eigenvalue weighted by Gasteiger charge is -2.11. The van der Waals surface area contributed by atoms with Crippen molar-refractivity contribution in [3.05, 3.63) is 23.0 Å². The Morgan fingerprint density at radius 2 is 2.18 bits per heavy atom. The quantitative estimate of drug-likeness (QED) is 0.824. The molecular weight excluding hydrogens is 261 g/mol. The van der Waals surface area contributed by atoms with Crippen LogP contribution in [0.3, 0.4) is 0 Å². The minimum atomic E-state index is -4.30. The van der Waals surface area contributed by atoms with Gasteiger partial charge in [-0.3, -0.25) is 0 Å². The van der Waals surface area contributed by atoms with E-state index < -0.39 is 25.1 Å². The Morgan fingerprint density at radius 3 is 2.71 bits per heavy atom. The molecular formula is C9H8ClF3N2O2. The third-order valence-corrected chi connectivity index (χ3v) is 2.03. The van der Waals surface area contributed by atoms with Crippen LogP contribution >= 0.6 is 11.6 Å². The summed E-state index contributed by atoms with van der Waals surface area (Å²) in [6.07, 6.45) is -4.38. The number of halogens is 4. The molecule has 17 heavy (non-hydrogen) atoms. The van der Waals surface area contributed by atoms with Crippen LogP contribution < -0.4 is 5.32 Å². The summed E-state index contributed by atoms with van der Waals surface area (Å²) in [7, 11) is 0. The first kappa shape index (κ1) is 13.6. The highest BCUT2D eigenvalue weighted by atomic mass is 35.5. The van der Waals surface area contributed by atoms with Crippen LogP contribution in [0.1, 0.15) is 16.8 Å². The molecule has 1 aromatic heterocycles. The van der Waals surface area contributed by atoms with Crippen molar-refractivity contribution in [1.82, 2.24) is 4.98 Å². The van der Waals surface area contributed by atoms with Gasteiger partial charge in [0, 0.05) is 12.7 Å². The van der Waals surface area contributed by atoms with Crippen LogP contribution in [-0.2, 0) is 0 Å². The van der Waals surface area contributed by atoms with Gasteiger partial charge in [0.1, 0.15) is 10.7 Å². The van der Waals surface area contributed by atoms with E-state index >= 15 is 0 Å². The summed E-state index contributed by atoms with van der Waals surface area (Å²) in [6.45, 7) is -0.426. The van der Waals surface area contributed by atoms with Crippen LogP contribution in [0.4, 0.5) is 18.9 Å². The summed E-state index contributed by atoms with van der Waals surface area (Å²) in [5, 5.41) is 11.1. The zero-order chi connectivity index (χ0) is 13.1. The van der Waals surface area contributed by atoms with Crippen molar-refractivity contribution in [2.24, 2.45) is 0 Å². The van der Waals surface area contributed by atoms with Gasteiger partial charge in [0.2, 0.25) is 0 Å². The number of carboxylic acids is 1. The number of nitrogens with zero attached hydrogens (tertiary/aromatic N) is 1. The van der Waals surface area contributed by atoms with E-state index in [0.29, 0.717) is 0 Å². The zero-order valence-electron chi connectivity index (χ0n) is 8.38. The molecule has 8 heteroatoms. The first-order chi connectivity index (χ1) is 7.79. The predicted octanol–water partition coefficient (Wildman–Crippen LogP) is 2.80. The zero-order valence-corrected chi connectivity index (χ0v) is 9.14. The molecule has 0 aliphatic carbocycles. The Hall–Kier alpha value is -1.50. The van der Waals surface area contributed by atoms with E-state index in [-0.39, 0.29) is 16.4 Å². The molecule has 1 heterocycles. The second-order valence-electron chi connectivity index (χ2n) is 3.15. The smallest absolute Gasteiger partial charge is 0.390 e. The molecule has 0 atom stereocenters. The van der Waals surface area contributed by atoms with Gasteiger partial charge in [-0.1, -0.05) is 11.6 Å². The summed E-state index contributed by atoms with van der Waals surface area (Å²) >= 11 is 5.52. The van der Waals surface area contributed by atoms with Gasteiger partial charge < -0.3 is 10.4 Å². The highest BCUT2D eigenvalue weighted by molar-refractivity contribution is 6.29. The Morgan fingerprint density at radius 1 is 1.53 bits per heavy atom. The fourth-order valence-corrected chi connectivity index (χ4v) is 1.24. The molecule has 0 saturated carbocycles. The number of aromatic nitrogens is 1.